The first-order chi connectivity index (χ1) is 25.0. The molecule has 0 saturated carbocycles. The minimum absolute atomic E-state index is 0.111. The van der Waals surface area contributed by atoms with Gasteiger partial charge in [0.05, 0.1) is 5.69 Å². The molecule has 1 heteroatoms. The Morgan fingerprint density at radius 2 is 1.08 bits per heavy atom. The predicted molar refractivity (Wildman–Crippen MR) is 221 cm³/mol. The highest BCUT2D eigenvalue weighted by molar-refractivity contribution is 5.95. The number of hydrogen-bond donors (Lipinski definition) is 0. The summed E-state index contributed by atoms with van der Waals surface area (Å²) in [5, 5.41) is 0. The number of anilines is 3. The van der Waals surface area contributed by atoms with Crippen LogP contribution in [0, 0.1) is 0 Å². The van der Waals surface area contributed by atoms with Gasteiger partial charge in [-0.15, -0.1) is 0 Å². The standard InChI is InChI=1S/C51H51N/c1-49(2)28-29-50(3,4)47-31-40(26-27-45(47)49)52(39-16-8-7-9-17-39)48-33-46-43(41-18-12-13-19-44(41)51(46,5)6)32-42(48)36-23-20-35(21-24-36)38-25-22-34-14-10-11-15-37(34)30-38/h7-9,12-13,16-27,30-33H,10-11,14-15,28-29H2,1-6H3. The van der Waals surface area contributed by atoms with Crippen molar-refractivity contribution in [3.8, 4) is 33.4 Å². The summed E-state index contributed by atoms with van der Waals surface area (Å²) in [6.45, 7) is 14.5. The summed E-state index contributed by atoms with van der Waals surface area (Å²) in [6, 6.07) is 48.9. The van der Waals surface area contributed by atoms with Gasteiger partial charge in [0.2, 0.25) is 0 Å². The highest BCUT2D eigenvalue weighted by atomic mass is 15.1. The van der Waals surface area contributed by atoms with E-state index in [1.807, 2.05) is 0 Å². The second-order valence-electron chi connectivity index (χ2n) is 17.5. The molecule has 1 nitrogen and oxygen atoms in total. The maximum atomic E-state index is 2.53. The van der Waals surface area contributed by atoms with Gasteiger partial charge in [-0.05, 0) is 147 Å². The molecular formula is C51H51N. The summed E-state index contributed by atoms with van der Waals surface area (Å²) < 4.78 is 0. The van der Waals surface area contributed by atoms with Gasteiger partial charge >= 0.3 is 0 Å². The van der Waals surface area contributed by atoms with E-state index in [9.17, 15) is 0 Å². The minimum Gasteiger partial charge on any atom is -0.310 e. The third-order valence-corrected chi connectivity index (χ3v) is 12.9. The van der Waals surface area contributed by atoms with Gasteiger partial charge in [0.15, 0.2) is 0 Å². The fraction of sp³-hybridized carbons (Fsp3) is 0.294. The van der Waals surface area contributed by atoms with Crippen molar-refractivity contribution in [1.29, 1.82) is 0 Å². The third kappa shape index (κ3) is 5.35. The molecule has 0 N–H and O–H groups in total. The summed E-state index contributed by atoms with van der Waals surface area (Å²) >= 11 is 0. The zero-order chi connectivity index (χ0) is 35.8. The van der Waals surface area contributed by atoms with Crippen molar-refractivity contribution in [3.05, 3.63) is 161 Å². The van der Waals surface area contributed by atoms with Gasteiger partial charge in [-0.3, -0.25) is 0 Å². The van der Waals surface area contributed by atoms with E-state index in [0.717, 1.165) is 0 Å². The summed E-state index contributed by atoms with van der Waals surface area (Å²) in [4.78, 5) is 2.53. The molecular weight excluding hydrogens is 627 g/mol. The Hall–Kier alpha value is -4.88. The Balaban J connectivity index is 1.26. The summed E-state index contributed by atoms with van der Waals surface area (Å²) in [5.74, 6) is 0. The minimum atomic E-state index is -0.111. The molecule has 3 aliphatic rings. The number of para-hydroxylation sites is 1. The van der Waals surface area contributed by atoms with Crippen molar-refractivity contribution in [2.45, 2.75) is 96.3 Å². The number of nitrogens with zero attached hydrogens (tertiary/aromatic N) is 1. The number of hydrogen-bond acceptors (Lipinski definition) is 1. The first-order valence-electron chi connectivity index (χ1n) is 19.5. The fourth-order valence-corrected chi connectivity index (χ4v) is 9.63. The van der Waals surface area contributed by atoms with E-state index >= 15 is 0 Å². The van der Waals surface area contributed by atoms with E-state index in [0.29, 0.717) is 0 Å². The van der Waals surface area contributed by atoms with Crippen LogP contribution in [0.25, 0.3) is 33.4 Å². The number of fused-ring (bicyclic) bond motifs is 5. The van der Waals surface area contributed by atoms with Crippen LogP contribution in [0.1, 0.15) is 101 Å². The second-order valence-corrected chi connectivity index (χ2v) is 17.5. The number of rotatable bonds is 5. The van der Waals surface area contributed by atoms with Crippen LogP contribution in [0.4, 0.5) is 17.1 Å². The average molecular weight is 678 g/mol. The van der Waals surface area contributed by atoms with Crippen molar-refractivity contribution in [2.24, 2.45) is 0 Å². The van der Waals surface area contributed by atoms with Gasteiger partial charge in [0, 0.05) is 22.4 Å². The Kier molecular flexibility index (Phi) is 7.67. The topological polar surface area (TPSA) is 3.24 Å². The lowest BCUT2D eigenvalue weighted by Crippen LogP contribution is -2.34. The smallest absolute Gasteiger partial charge is 0.0543 e. The Labute approximate surface area is 311 Å². The molecule has 6 aromatic carbocycles. The van der Waals surface area contributed by atoms with Crippen LogP contribution in [-0.4, -0.2) is 0 Å². The van der Waals surface area contributed by atoms with Gasteiger partial charge in [-0.25, -0.2) is 0 Å². The van der Waals surface area contributed by atoms with Gasteiger partial charge in [0.25, 0.3) is 0 Å². The maximum absolute atomic E-state index is 2.53. The van der Waals surface area contributed by atoms with Crippen molar-refractivity contribution < 1.29 is 0 Å². The van der Waals surface area contributed by atoms with Crippen LogP contribution < -0.4 is 4.90 Å². The second kappa shape index (κ2) is 12.1. The van der Waals surface area contributed by atoms with Crippen LogP contribution in [0.5, 0.6) is 0 Å². The van der Waals surface area contributed by atoms with Crippen LogP contribution in [0.15, 0.2) is 127 Å². The van der Waals surface area contributed by atoms with E-state index in [-0.39, 0.29) is 16.2 Å². The first kappa shape index (κ1) is 33.0. The molecule has 0 aromatic heterocycles. The van der Waals surface area contributed by atoms with E-state index < -0.39 is 0 Å². The highest BCUT2D eigenvalue weighted by Gasteiger charge is 2.39. The van der Waals surface area contributed by atoms with E-state index in [2.05, 4.69) is 174 Å². The molecule has 0 bridgehead atoms. The average Bonchev–Trinajstić information content (AvgIpc) is 3.39. The predicted octanol–water partition coefficient (Wildman–Crippen LogP) is 14.0. The molecule has 260 valence electrons. The number of aryl methyl sites for hydroxylation is 2. The molecule has 52 heavy (non-hydrogen) atoms. The summed E-state index contributed by atoms with van der Waals surface area (Å²) in [6.07, 6.45) is 7.42. The van der Waals surface area contributed by atoms with E-state index in [4.69, 9.17) is 0 Å². The van der Waals surface area contributed by atoms with Crippen LogP contribution in [-0.2, 0) is 29.1 Å². The van der Waals surface area contributed by atoms with Gasteiger partial charge < -0.3 is 4.90 Å². The maximum Gasteiger partial charge on any atom is 0.0543 e. The van der Waals surface area contributed by atoms with Crippen LogP contribution >= 0.6 is 0 Å². The zero-order valence-corrected chi connectivity index (χ0v) is 31.8. The molecule has 0 aliphatic heterocycles. The van der Waals surface area contributed by atoms with E-state index in [1.165, 1.54) is 122 Å². The summed E-state index contributed by atoms with van der Waals surface area (Å²) in [7, 11) is 0. The highest BCUT2D eigenvalue weighted by Crippen LogP contribution is 2.54. The van der Waals surface area contributed by atoms with Gasteiger partial charge in [-0.2, -0.15) is 0 Å². The Bertz CT molecular complexity index is 2320. The lowest BCUT2D eigenvalue weighted by molar-refractivity contribution is 0.332. The Morgan fingerprint density at radius 3 is 1.85 bits per heavy atom. The molecule has 0 saturated heterocycles. The van der Waals surface area contributed by atoms with E-state index in [1.54, 1.807) is 0 Å². The monoisotopic (exact) mass is 677 g/mol. The molecule has 0 atom stereocenters. The molecule has 0 spiro atoms. The molecule has 0 radical (unpaired) electrons. The Morgan fingerprint density at radius 1 is 0.423 bits per heavy atom. The molecule has 9 rings (SSSR count). The van der Waals surface area contributed by atoms with Crippen molar-refractivity contribution in [3.63, 3.8) is 0 Å². The van der Waals surface area contributed by atoms with Crippen molar-refractivity contribution in [1.82, 2.24) is 0 Å². The normalized spacial score (nSPS) is 17.4. The quantitative estimate of drug-likeness (QED) is 0.176. The molecule has 0 heterocycles. The fourth-order valence-electron chi connectivity index (χ4n) is 9.63. The van der Waals surface area contributed by atoms with Crippen molar-refractivity contribution >= 4 is 17.1 Å². The summed E-state index contributed by atoms with van der Waals surface area (Å²) in [5.41, 5.74) is 20.4. The first-order valence-corrected chi connectivity index (χ1v) is 19.5. The van der Waals surface area contributed by atoms with Gasteiger partial charge in [0.1, 0.15) is 0 Å². The zero-order valence-electron chi connectivity index (χ0n) is 31.8. The molecule has 3 aliphatic carbocycles. The number of benzene rings is 6. The van der Waals surface area contributed by atoms with Gasteiger partial charge in [-0.1, -0.05) is 133 Å². The van der Waals surface area contributed by atoms with Crippen LogP contribution in [0.2, 0.25) is 0 Å². The molecule has 0 fully saturated rings. The largest absolute Gasteiger partial charge is 0.310 e. The third-order valence-electron chi connectivity index (χ3n) is 12.9. The van der Waals surface area contributed by atoms with Crippen LogP contribution in [0.3, 0.4) is 0 Å². The lowest BCUT2D eigenvalue weighted by Gasteiger charge is -2.42. The molecule has 0 unspecified atom stereocenters. The SMILES string of the molecule is CC1(C)CCC(C)(C)c2cc(N(c3ccccc3)c3cc4c(cc3-c3ccc(-c5ccc6c(c5)CCCC6)cc3)-c3ccccc3C4(C)C)ccc21. The molecule has 6 aromatic rings. The molecule has 0 amide bonds. The van der Waals surface area contributed by atoms with Crippen molar-refractivity contribution in [2.75, 3.05) is 4.90 Å². The lowest BCUT2D eigenvalue weighted by atomic mass is 9.63.